The molecule has 1 aliphatic rings. The monoisotopic (exact) mass is 412 g/mol. The van der Waals surface area contributed by atoms with E-state index >= 15 is 0 Å². The van der Waals surface area contributed by atoms with Crippen molar-refractivity contribution in [2.24, 2.45) is 5.84 Å². The first-order valence-corrected chi connectivity index (χ1v) is 9.51. The zero-order valence-electron chi connectivity index (χ0n) is 16.5. The molecule has 0 aliphatic carbocycles. The number of anilines is 2. The fourth-order valence-corrected chi connectivity index (χ4v) is 3.45. The molecule has 0 saturated carbocycles. The van der Waals surface area contributed by atoms with Crippen molar-refractivity contribution in [3.8, 4) is 11.5 Å². The lowest BCUT2D eigenvalue weighted by molar-refractivity contribution is 0.306. The summed E-state index contributed by atoms with van der Waals surface area (Å²) in [6.07, 6.45) is 1.64. The van der Waals surface area contributed by atoms with Gasteiger partial charge in [0, 0.05) is 18.8 Å². The van der Waals surface area contributed by atoms with Gasteiger partial charge < -0.3 is 14.4 Å². The Morgan fingerprint density at radius 2 is 1.87 bits per heavy atom. The van der Waals surface area contributed by atoms with Gasteiger partial charge in [-0.25, -0.2) is 19.6 Å². The number of ether oxygens (including phenoxy) is 2. The SMILES string of the molecule is COc1ccc(CN(N)c2nccc3c2N(Cc2ccc(F)c(F)c2)CCO3)cc1. The van der Waals surface area contributed by atoms with E-state index in [0.29, 0.717) is 43.4 Å². The number of aromatic nitrogens is 1. The van der Waals surface area contributed by atoms with Gasteiger partial charge in [-0.15, -0.1) is 0 Å². The van der Waals surface area contributed by atoms with Crippen LogP contribution < -0.4 is 25.2 Å². The van der Waals surface area contributed by atoms with Gasteiger partial charge in [-0.3, -0.25) is 5.01 Å². The molecule has 6 nitrogen and oxygen atoms in total. The van der Waals surface area contributed by atoms with Crippen LogP contribution in [0.4, 0.5) is 20.3 Å². The van der Waals surface area contributed by atoms with Crippen LogP contribution in [0.3, 0.4) is 0 Å². The number of halogens is 2. The zero-order valence-corrected chi connectivity index (χ0v) is 16.5. The zero-order chi connectivity index (χ0) is 21.1. The molecule has 0 unspecified atom stereocenters. The van der Waals surface area contributed by atoms with E-state index in [-0.39, 0.29) is 0 Å². The molecule has 0 saturated heterocycles. The number of hydrazine groups is 1. The Bertz CT molecular complexity index is 1030. The maximum Gasteiger partial charge on any atom is 0.170 e. The highest BCUT2D eigenvalue weighted by atomic mass is 19.2. The molecule has 2 N–H and O–H groups in total. The summed E-state index contributed by atoms with van der Waals surface area (Å²) in [7, 11) is 1.62. The Morgan fingerprint density at radius 1 is 1.10 bits per heavy atom. The number of rotatable bonds is 6. The van der Waals surface area contributed by atoms with Crippen molar-refractivity contribution in [3.63, 3.8) is 0 Å². The smallest absolute Gasteiger partial charge is 0.170 e. The average Bonchev–Trinajstić information content (AvgIpc) is 2.76. The van der Waals surface area contributed by atoms with E-state index in [4.69, 9.17) is 15.3 Å². The largest absolute Gasteiger partial charge is 0.497 e. The van der Waals surface area contributed by atoms with Crippen LogP contribution in [0.1, 0.15) is 11.1 Å². The van der Waals surface area contributed by atoms with Crippen LogP contribution in [0.25, 0.3) is 0 Å². The van der Waals surface area contributed by atoms with E-state index in [2.05, 4.69) is 4.98 Å². The van der Waals surface area contributed by atoms with Crippen LogP contribution in [-0.2, 0) is 13.1 Å². The van der Waals surface area contributed by atoms with Crippen molar-refractivity contribution in [2.75, 3.05) is 30.2 Å². The molecule has 1 aromatic heterocycles. The molecule has 0 amide bonds. The minimum atomic E-state index is -0.868. The van der Waals surface area contributed by atoms with Crippen LogP contribution >= 0.6 is 0 Å². The van der Waals surface area contributed by atoms with Crippen molar-refractivity contribution in [2.45, 2.75) is 13.1 Å². The first-order valence-electron chi connectivity index (χ1n) is 9.51. The van der Waals surface area contributed by atoms with E-state index in [1.807, 2.05) is 29.2 Å². The van der Waals surface area contributed by atoms with Gasteiger partial charge in [-0.1, -0.05) is 18.2 Å². The normalized spacial score (nSPS) is 12.9. The number of nitrogens with two attached hydrogens (primary N) is 1. The summed E-state index contributed by atoms with van der Waals surface area (Å²) in [5.74, 6) is 6.60. The standard InChI is InChI=1S/C22H22F2N4O2/c1-29-17-5-2-15(3-6-17)14-28(25)22-21-20(8-9-26-22)30-11-10-27(21)13-16-4-7-18(23)19(24)12-16/h2-9,12H,10-11,13-14,25H2,1H3. The molecule has 0 fully saturated rings. The summed E-state index contributed by atoms with van der Waals surface area (Å²) in [4.78, 5) is 6.48. The van der Waals surface area contributed by atoms with Crippen LogP contribution in [-0.4, -0.2) is 25.2 Å². The third-order valence-electron chi connectivity index (χ3n) is 4.94. The van der Waals surface area contributed by atoms with Crippen LogP contribution in [0.15, 0.2) is 54.7 Å². The molecule has 30 heavy (non-hydrogen) atoms. The summed E-state index contributed by atoms with van der Waals surface area (Å²) in [6, 6.07) is 13.3. The third-order valence-corrected chi connectivity index (χ3v) is 4.94. The van der Waals surface area contributed by atoms with Gasteiger partial charge in [0.05, 0.1) is 20.2 Å². The summed E-state index contributed by atoms with van der Waals surface area (Å²) < 4.78 is 37.9. The van der Waals surface area contributed by atoms with Gasteiger partial charge in [-0.2, -0.15) is 0 Å². The molecule has 0 radical (unpaired) electrons. The molecule has 2 aromatic carbocycles. The Hall–Kier alpha value is -3.39. The minimum absolute atomic E-state index is 0.378. The highest BCUT2D eigenvalue weighted by molar-refractivity contribution is 5.74. The van der Waals surface area contributed by atoms with Crippen LogP contribution in [0.5, 0.6) is 11.5 Å². The first-order chi connectivity index (χ1) is 14.5. The van der Waals surface area contributed by atoms with Crippen molar-refractivity contribution in [1.29, 1.82) is 0 Å². The van der Waals surface area contributed by atoms with Gasteiger partial charge in [0.1, 0.15) is 23.8 Å². The number of methoxy groups -OCH3 is 1. The van der Waals surface area contributed by atoms with Crippen molar-refractivity contribution in [3.05, 3.63) is 77.5 Å². The summed E-state index contributed by atoms with van der Waals surface area (Å²) in [5.41, 5.74) is 2.36. The van der Waals surface area contributed by atoms with Crippen molar-refractivity contribution in [1.82, 2.24) is 4.98 Å². The molecular formula is C22H22F2N4O2. The second kappa shape index (κ2) is 8.54. The number of hydrogen-bond acceptors (Lipinski definition) is 6. The molecule has 0 spiro atoms. The molecule has 0 atom stereocenters. The fourth-order valence-electron chi connectivity index (χ4n) is 3.45. The predicted molar refractivity (Wildman–Crippen MR) is 111 cm³/mol. The Morgan fingerprint density at radius 3 is 2.60 bits per heavy atom. The van der Waals surface area contributed by atoms with Crippen LogP contribution in [0.2, 0.25) is 0 Å². The second-order valence-corrected chi connectivity index (χ2v) is 6.98. The van der Waals surface area contributed by atoms with Gasteiger partial charge in [0.2, 0.25) is 0 Å². The Balaban J connectivity index is 1.61. The maximum absolute atomic E-state index is 13.7. The maximum atomic E-state index is 13.7. The predicted octanol–water partition coefficient (Wildman–Crippen LogP) is 3.65. The third kappa shape index (κ3) is 4.13. The summed E-state index contributed by atoms with van der Waals surface area (Å²) >= 11 is 0. The number of nitrogens with zero attached hydrogens (tertiary/aromatic N) is 3. The Labute approximate surface area is 173 Å². The highest BCUT2D eigenvalue weighted by Crippen LogP contribution is 2.39. The minimum Gasteiger partial charge on any atom is -0.497 e. The quantitative estimate of drug-likeness (QED) is 0.493. The van der Waals surface area contributed by atoms with E-state index in [1.54, 1.807) is 30.4 Å². The highest BCUT2D eigenvalue weighted by Gasteiger charge is 2.25. The van der Waals surface area contributed by atoms with Crippen molar-refractivity contribution < 1.29 is 18.3 Å². The fraction of sp³-hybridized carbons (Fsp3) is 0.227. The summed E-state index contributed by atoms with van der Waals surface area (Å²) in [5, 5.41) is 1.55. The number of fused-ring (bicyclic) bond motifs is 1. The average molecular weight is 412 g/mol. The van der Waals surface area contributed by atoms with E-state index in [9.17, 15) is 8.78 Å². The van der Waals surface area contributed by atoms with Crippen molar-refractivity contribution >= 4 is 11.5 Å². The second-order valence-electron chi connectivity index (χ2n) is 6.98. The van der Waals surface area contributed by atoms with E-state index < -0.39 is 11.6 Å². The van der Waals surface area contributed by atoms with Gasteiger partial charge in [0.25, 0.3) is 0 Å². The van der Waals surface area contributed by atoms with E-state index in [0.717, 1.165) is 23.1 Å². The topological polar surface area (TPSA) is 63.9 Å². The molecule has 156 valence electrons. The number of benzene rings is 2. The molecule has 0 bridgehead atoms. The van der Waals surface area contributed by atoms with Gasteiger partial charge in [0.15, 0.2) is 17.5 Å². The first kappa shape index (κ1) is 19.9. The lowest BCUT2D eigenvalue weighted by atomic mass is 10.1. The number of hydrogen-bond donors (Lipinski definition) is 1. The lowest BCUT2D eigenvalue weighted by Crippen LogP contribution is -2.37. The number of pyridine rings is 1. The molecule has 8 heteroatoms. The molecule has 2 heterocycles. The molecular weight excluding hydrogens is 390 g/mol. The van der Waals surface area contributed by atoms with E-state index in [1.165, 1.54) is 6.07 Å². The Kier molecular flexibility index (Phi) is 5.67. The molecule has 4 rings (SSSR count). The van der Waals surface area contributed by atoms with Gasteiger partial charge >= 0.3 is 0 Å². The van der Waals surface area contributed by atoms with Crippen LogP contribution in [0, 0.1) is 11.6 Å². The molecule has 1 aliphatic heterocycles. The lowest BCUT2D eigenvalue weighted by Gasteiger charge is -2.34. The molecule has 3 aromatic rings. The van der Waals surface area contributed by atoms with Gasteiger partial charge in [-0.05, 0) is 35.4 Å². The summed E-state index contributed by atoms with van der Waals surface area (Å²) in [6.45, 7) is 1.85.